The van der Waals surface area contributed by atoms with E-state index in [0.29, 0.717) is 25.2 Å². The Balaban J connectivity index is 2.30. The molecule has 1 saturated heterocycles. The van der Waals surface area contributed by atoms with Crippen LogP contribution in [0.4, 0.5) is 5.69 Å². The molecule has 1 aromatic heterocycles. The lowest BCUT2D eigenvalue weighted by Gasteiger charge is -2.22. The first-order valence-corrected chi connectivity index (χ1v) is 6.79. The lowest BCUT2D eigenvalue weighted by Crippen LogP contribution is -2.50. The minimum Gasteiger partial charge on any atom is -0.480 e. The molecule has 0 radical (unpaired) electrons. The summed E-state index contributed by atoms with van der Waals surface area (Å²) in [5.41, 5.74) is 4.58. The van der Waals surface area contributed by atoms with E-state index in [1.54, 1.807) is 4.90 Å². The van der Waals surface area contributed by atoms with Crippen LogP contribution in [0, 0.1) is 0 Å². The molecule has 2 heterocycles. The van der Waals surface area contributed by atoms with Crippen LogP contribution in [-0.2, 0) is 11.3 Å². The molecule has 20 heavy (non-hydrogen) atoms. The Kier molecular flexibility index (Phi) is 4.01. The van der Waals surface area contributed by atoms with Gasteiger partial charge in [0.15, 0.2) is 0 Å². The molecule has 1 aliphatic rings. The molecule has 0 amide bonds. The largest absolute Gasteiger partial charge is 0.480 e. The number of halogens is 1. The molecule has 1 atom stereocenters. The van der Waals surface area contributed by atoms with E-state index in [0.717, 1.165) is 6.42 Å². The SMILES string of the molecule is CCCn1ncc(N2CCC(N)(C(=O)O)C2)c(Cl)c1=O. The van der Waals surface area contributed by atoms with E-state index in [4.69, 9.17) is 22.4 Å². The van der Waals surface area contributed by atoms with Crippen molar-refractivity contribution in [2.24, 2.45) is 5.73 Å². The normalized spacial score (nSPS) is 22.2. The van der Waals surface area contributed by atoms with Crippen LogP contribution in [0.3, 0.4) is 0 Å². The number of nitrogens with zero attached hydrogens (tertiary/aromatic N) is 3. The fourth-order valence-corrected chi connectivity index (χ4v) is 2.53. The molecule has 0 aliphatic carbocycles. The minimum atomic E-state index is -1.30. The number of hydrogen-bond acceptors (Lipinski definition) is 5. The second-order valence-corrected chi connectivity index (χ2v) is 5.38. The fraction of sp³-hybridized carbons (Fsp3) is 0.583. The zero-order valence-corrected chi connectivity index (χ0v) is 11.9. The molecule has 7 nitrogen and oxygen atoms in total. The van der Waals surface area contributed by atoms with Crippen LogP contribution in [0.5, 0.6) is 0 Å². The Hall–Kier alpha value is -1.60. The molecule has 0 saturated carbocycles. The van der Waals surface area contributed by atoms with Gasteiger partial charge in [-0.2, -0.15) is 5.10 Å². The van der Waals surface area contributed by atoms with Crippen molar-refractivity contribution in [1.82, 2.24) is 9.78 Å². The van der Waals surface area contributed by atoms with Crippen LogP contribution < -0.4 is 16.2 Å². The Morgan fingerprint density at radius 2 is 2.35 bits per heavy atom. The van der Waals surface area contributed by atoms with Crippen molar-refractivity contribution in [1.29, 1.82) is 0 Å². The predicted molar refractivity (Wildman–Crippen MR) is 75.2 cm³/mol. The van der Waals surface area contributed by atoms with Crippen molar-refractivity contribution in [2.45, 2.75) is 31.8 Å². The molecule has 0 aromatic carbocycles. The Bertz CT molecular complexity index is 589. The lowest BCUT2D eigenvalue weighted by molar-refractivity contribution is -0.142. The number of aromatic nitrogens is 2. The van der Waals surface area contributed by atoms with Gasteiger partial charge >= 0.3 is 5.97 Å². The van der Waals surface area contributed by atoms with Gasteiger partial charge in [0, 0.05) is 19.6 Å². The van der Waals surface area contributed by atoms with Gasteiger partial charge < -0.3 is 15.7 Å². The monoisotopic (exact) mass is 300 g/mol. The number of nitrogens with two attached hydrogens (primary N) is 1. The van der Waals surface area contributed by atoms with Gasteiger partial charge in [-0.3, -0.25) is 9.59 Å². The number of carbonyl (C=O) groups is 1. The average Bonchev–Trinajstić information content (AvgIpc) is 2.79. The number of anilines is 1. The molecule has 1 aliphatic heterocycles. The minimum absolute atomic E-state index is 0.0584. The Labute approximate surface area is 120 Å². The first-order chi connectivity index (χ1) is 9.39. The summed E-state index contributed by atoms with van der Waals surface area (Å²) in [6.45, 7) is 2.98. The van der Waals surface area contributed by atoms with Crippen molar-refractivity contribution in [2.75, 3.05) is 18.0 Å². The summed E-state index contributed by atoms with van der Waals surface area (Å²) in [5.74, 6) is -1.05. The number of carboxylic acids is 1. The lowest BCUT2D eigenvalue weighted by atomic mass is 10.0. The van der Waals surface area contributed by atoms with Crippen molar-refractivity contribution in [3.8, 4) is 0 Å². The molecule has 2 rings (SSSR count). The highest BCUT2D eigenvalue weighted by Gasteiger charge is 2.42. The Morgan fingerprint density at radius 3 is 2.90 bits per heavy atom. The summed E-state index contributed by atoms with van der Waals surface area (Å²) in [6.07, 6.45) is 2.57. The third-order valence-corrected chi connectivity index (χ3v) is 3.82. The van der Waals surface area contributed by atoms with Gasteiger partial charge in [-0.15, -0.1) is 0 Å². The first kappa shape index (κ1) is 14.8. The maximum Gasteiger partial charge on any atom is 0.325 e. The van der Waals surface area contributed by atoms with Crippen LogP contribution in [0.25, 0.3) is 0 Å². The predicted octanol–water partition coefficient (Wildman–Crippen LogP) is 0.299. The van der Waals surface area contributed by atoms with Gasteiger partial charge in [-0.25, -0.2) is 4.68 Å². The van der Waals surface area contributed by atoms with Gasteiger partial charge in [0.1, 0.15) is 10.6 Å². The highest BCUT2D eigenvalue weighted by atomic mass is 35.5. The second kappa shape index (κ2) is 5.41. The summed E-state index contributed by atoms with van der Waals surface area (Å²) < 4.78 is 1.30. The summed E-state index contributed by atoms with van der Waals surface area (Å²) in [5, 5.41) is 13.2. The fourth-order valence-electron chi connectivity index (χ4n) is 2.26. The van der Waals surface area contributed by atoms with Gasteiger partial charge in [0.2, 0.25) is 0 Å². The smallest absolute Gasteiger partial charge is 0.325 e. The van der Waals surface area contributed by atoms with Crippen LogP contribution in [-0.4, -0.2) is 39.5 Å². The second-order valence-electron chi connectivity index (χ2n) is 5.00. The van der Waals surface area contributed by atoms with Crippen LogP contribution in [0.15, 0.2) is 11.0 Å². The molecule has 0 bridgehead atoms. The molecule has 0 spiro atoms. The van der Waals surface area contributed by atoms with Crippen molar-refractivity contribution < 1.29 is 9.90 Å². The van der Waals surface area contributed by atoms with Gasteiger partial charge in [0.05, 0.1) is 11.9 Å². The zero-order chi connectivity index (χ0) is 14.9. The highest BCUT2D eigenvalue weighted by molar-refractivity contribution is 6.33. The molecule has 1 fully saturated rings. The van der Waals surface area contributed by atoms with Crippen LogP contribution in [0.1, 0.15) is 19.8 Å². The number of aryl methyl sites for hydroxylation is 1. The van der Waals surface area contributed by atoms with Gasteiger partial charge in [-0.1, -0.05) is 18.5 Å². The maximum absolute atomic E-state index is 12.0. The van der Waals surface area contributed by atoms with E-state index in [-0.39, 0.29) is 17.1 Å². The average molecular weight is 301 g/mol. The maximum atomic E-state index is 12.0. The Morgan fingerprint density at radius 1 is 1.65 bits per heavy atom. The summed E-state index contributed by atoms with van der Waals surface area (Å²) >= 11 is 6.08. The first-order valence-electron chi connectivity index (χ1n) is 6.42. The summed E-state index contributed by atoms with van der Waals surface area (Å²) in [6, 6.07) is 0. The molecule has 3 N–H and O–H groups in total. The number of aliphatic carboxylic acids is 1. The molecule has 110 valence electrons. The quantitative estimate of drug-likeness (QED) is 0.829. The van der Waals surface area contributed by atoms with Gasteiger partial charge in [-0.05, 0) is 12.8 Å². The standard InChI is InChI=1S/C12H17ClN4O3/c1-2-4-17-10(18)9(13)8(6-15-17)16-5-3-12(14,7-16)11(19)20/h6H,2-5,7,14H2,1H3,(H,19,20). The molecule has 8 heteroatoms. The van der Waals surface area contributed by atoms with E-state index < -0.39 is 11.5 Å². The van der Waals surface area contributed by atoms with E-state index >= 15 is 0 Å². The molecular formula is C12H17ClN4O3. The van der Waals surface area contributed by atoms with Crippen molar-refractivity contribution in [3.63, 3.8) is 0 Å². The van der Waals surface area contributed by atoms with Crippen LogP contribution >= 0.6 is 11.6 Å². The van der Waals surface area contributed by atoms with Gasteiger partial charge in [0.25, 0.3) is 5.56 Å². The molecule has 1 unspecified atom stereocenters. The number of hydrogen-bond donors (Lipinski definition) is 2. The van der Waals surface area contributed by atoms with Crippen molar-refractivity contribution in [3.05, 3.63) is 21.6 Å². The zero-order valence-electron chi connectivity index (χ0n) is 11.2. The third kappa shape index (κ3) is 2.51. The third-order valence-electron chi connectivity index (χ3n) is 3.47. The van der Waals surface area contributed by atoms with E-state index in [1.165, 1.54) is 10.9 Å². The van der Waals surface area contributed by atoms with E-state index in [2.05, 4.69) is 5.10 Å². The number of carboxylic acid groups (broad SMARTS) is 1. The topological polar surface area (TPSA) is 101 Å². The summed E-state index contributed by atoms with van der Waals surface area (Å²) in [4.78, 5) is 24.8. The van der Waals surface area contributed by atoms with E-state index in [9.17, 15) is 9.59 Å². The summed E-state index contributed by atoms with van der Waals surface area (Å²) in [7, 11) is 0. The molecular weight excluding hydrogens is 284 g/mol. The molecule has 1 aromatic rings. The van der Waals surface area contributed by atoms with Crippen molar-refractivity contribution >= 4 is 23.3 Å². The van der Waals surface area contributed by atoms with E-state index in [1.807, 2.05) is 6.92 Å². The number of rotatable bonds is 4. The van der Waals surface area contributed by atoms with Crippen LogP contribution in [0.2, 0.25) is 5.02 Å². The highest BCUT2D eigenvalue weighted by Crippen LogP contribution is 2.28.